The van der Waals surface area contributed by atoms with Crippen molar-refractivity contribution in [2.45, 2.75) is 38.1 Å². The van der Waals surface area contributed by atoms with Crippen molar-refractivity contribution in [1.82, 2.24) is 9.29 Å². The van der Waals surface area contributed by atoms with Gasteiger partial charge in [-0.1, -0.05) is 29.9 Å². The maximum atomic E-state index is 13.7. The van der Waals surface area contributed by atoms with Crippen molar-refractivity contribution < 1.29 is 17.6 Å². The zero-order chi connectivity index (χ0) is 25.4. The van der Waals surface area contributed by atoms with E-state index in [2.05, 4.69) is 6.92 Å². The van der Waals surface area contributed by atoms with E-state index in [1.165, 1.54) is 27.8 Å². The molecule has 0 bridgehead atoms. The number of carbonyl (C=O) groups is 1. The number of amides is 1. The molecule has 0 spiro atoms. The van der Waals surface area contributed by atoms with Crippen LogP contribution in [0.1, 0.15) is 41.4 Å². The van der Waals surface area contributed by atoms with Crippen LogP contribution in [-0.4, -0.2) is 36.7 Å². The Bertz CT molecular complexity index is 1490. The maximum Gasteiger partial charge on any atom is 0.260 e. The highest BCUT2D eigenvalue weighted by Gasteiger charge is 2.29. The zero-order valence-corrected chi connectivity index (χ0v) is 22.4. The van der Waals surface area contributed by atoms with E-state index in [0.717, 1.165) is 28.6 Å². The second kappa shape index (κ2) is 9.97. The number of aromatic nitrogens is 1. The summed E-state index contributed by atoms with van der Waals surface area (Å²) in [5, 5.41) is 1.12. The van der Waals surface area contributed by atoms with Gasteiger partial charge >= 0.3 is 0 Å². The van der Waals surface area contributed by atoms with E-state index in [4.69, 9.17) is 21.0 Å². The van der Waals surface area contributed by atoms with Crippen molar-refractivity contribution in [3.05, 3.63) is 76.7 Å². The Labute approximate surface area is 219 Å². The first kappa shape index (κ1) is 25.0. The summed E-state index contributed by atoms with van der Waals surface area (Å²) in [5.41, 5.74) is 1.96. The largest absolute Gasteiger partial charge is 0.467 e. The van der Waals surface area contributed by atoms with E-state index in [0.29, 0.717) is 40.5 Å². The molecule has 5 rings (SSSR count). The lowest BCUT2D eigenvalue weighted by Crippen LogP contribution is -2.37. The quantitative estimate of drug-likeness (QED) is 0.292. The minimum Gasteiger partial charge on any atom is -0.467 e. The van der Waals surface area contributed by atoms with Crippen molar-refractivity contribution in [3.8, 4) is 0 Å². The number of piperidine rings is 1. The summed E-state index contributed by atoms with van der Waals surface area (Å²) in [4.78, 5) is 20.1. The Morgan fingerprint density at radius 1 is 1.17 bits per heavy atom. The van der Waals surface area contributed by atoms with Gasteiger partial charge in [-0.3, -0.25) is 9.69 Å². The van der Waals surface area contributed by atoms with Gasteiger partial charge in [0, 0.05) is 23.7 Å². The average Bonchev–Trinajstić information content (AvgIpc) is 3.55. The molecule has 36 heavy (non-hydrogen) atoms. The van der Waals surface area contributed by atoms with Gasteiger partial charge in [0.2, 0.25) is 10.0 Å². The number of aryl methyl sites for hydroxylation is 1. The fourth-order valence-corrected chi connectivity index (χ4v) is 6.93. The molecule has 2 aromatic heterocycles. The number of rotatable bonds is 6. The first-order chi connectivity index (χ1) is 17.2. The number of carbonyl (C=O) groups excluding carboxylic acids is 1. The number of sulfonamides is 1. The lowest BCUT2D eigenvalue weighted by Gasteiger charge is -2.29. The molecule has 10 heteroatoms. The minimum atomic E-state index is -3.60. The molecular formula is C26H26ClN3O4S2. The summed E-state index contributed by atoms with van der Waals surface area (Å²) in [5.74, 6) is 0.833. The molecule has 7 nitrogen and oxygen atoms in total. The molecule has 1 aliphatic rings. The molecule has 0 radical (unpaired) electrons. The molecule has 1 saturated heterocycles. The van der Waals surface area contributed by atoms with Gasteiger partial charge in [-0.25, -0.2) is 13.4 Å². The van der Waals surface area contributed by atoms with E-state index in [-0.39, 0.29) is 17.3 Å². The van der Waals surface area contributed by atoms with Gasteiger partial charge in [-0.05, 0) is 79.8 Å². The van der Waals surface area contributed by atoms with E-state index in [1.54, 1.807) is 35.4 Å². The van der Waals surface area contributed by atoms with Gasteiger partial charge < -0.3 is 4.42 Å². The molecule has 0 saturated carbocycles. The van der Waals surface area contributed by atoms with Crippen LogP contribution in [0.15, 0.2) is 64.1 Å². The molecule has 1 amide bonds. The topological polar surface area (TPSA) is 83.7 Å². The summed E-state index contributed by atoms with van der Waals surface area (Å²) < 4.78 is 34.2. The summed E-state index contributed by atoms with van der Waals surface area (Å²) in [6.45, 7) is 5.25. The number of anilines is 1. The van der Waals surface area contributed by atoms with Crippen molar-refractivity contribution in [1.29, 1.82) is 0 Å². The number of hydrogen-bond acceptors (Lipinski definition) is 6. The zero-order valence-electron chi connectivity index (χ0n) is 20.0. The van der Waals surface area contributed by atoms with Crippen LogP contribution < -0.4 is 4.90 Å². The Hall–Kier alpha value is -2.72. The molecule has 0 aliphatic carbocycles. The minimum absolute atomic E-state index is 0.185. The molecule has 0 atom stereocenters. The summed E-state index contributed by atoms with van der Waals surface area (Å²) >= 11 is 7.67. The van der Waals surface area contributed by atoms with Gasteiger partial charge in [0.1, 0.15) is 5.76 Å². The predicted octanol–water partition coefficient (Wildman–Crippen LogP) is 6.12. The lowest BCUT2D eigenvalue weighted by molar-refractivity contribution is 0.0983. The molecule has 2 aromatic carbocycles. The van der Waals surface area contributed by atoms with Gasteiger partial charge in [0.05, 0.1) is 27.9 Å². The van der Waals surface area contributed by atoms with Crippen molar-refractivity contribution in [2.75, 3.05) is 18.0 Å². The molecular weight excluding hydrogens is 518 g/mol. The second-order valence-corrected chi connectivity index (χ2v) is 12.5. The van der Waals surface area contributed by atoms with Crippen molar-refractivity contribution in [3.63, 3.8) is 0 Å². The summed E-state index contributed by atoms with van der Waals surface area (Å²) in [7, 11) is -3.60. The number of nitrogens with zero attached hydrogens (tertiary/aromatic N) is 3. The monoisotopic (exact) mass is 543 g/mol. The molecule has 0 unspecified atom stereocenters. The van der Waals surface area contributed by atoms with Crippen molar-refractivity contribution in [2.24, 2.45) is 5.92 Å². The van der Waals surface area contributed by atoms with Gasteiger partial charge in [0.25, 0.3) is 5.91 Å². The SMILES string of the molecule is Cc1c(Cl)ccc2sc(N(Cc3ccco3)C(=O)c3ccc(S(=O)(=O)N4CCC(C)CC4)cc3)nc12. The van der Waals surface area contributed by atoms with Crippen molar-refractivity contribution >= 4 is 54.2 Å². The van der Waals surface area contributed by atoms with E-state index < -0.39 is 10.0 Å². The fourth-order valence-electron chi connectivity index (χ4n) is 4.29. The first-order valence-corrected chi connectivity index (χ1v) is 14.4. The summed E-state index contributed by atoms with van der Waals surface area (Å²) in [6.07, 6.45) is 3.26. The third kappa shape index (κ3) is 4.80. The smallest absolute Gasteiger partial charge is 0.260 e. The number of benzene rings is 2. The van der Waals surface area contributed by atoms with Crippen LogP contribution in [0.3, 0.4) is 0 Å². The Morgan fingerprint density at radius 3 is 2.56 bits per heavy atom. The summed E-state index contributed by atoms with van der Waals surface area (Å²) in [6, 6.07) is 13.4. The molecule has 1 fully saturated rings. The Kier molecular flexibility index (Phi) is 6.91. The first-order valence-electron chi connectivity index (χ1n) is 11.7. The average molecular weight is 544 g/mol. The predicted molar refractivity (Wildman–Crippen MR) is 142 cm³/mol. The fraction of sp³-hybridized carbons (Fsp3) is 0.308. The second-order valence-electron chi connectivity index (χ2n) is 9.10. The highest BCUT2D eigenvalue weighted by atomic mass is 35.5. The van der Waals surface area contributed by atoms with E-state index in [9.17, 15) is 13.2 Å². The Morgan fingerprint density at radius 2 is 1.89 bits per heavy atom. The van der Waals surface area contributed by atoms with Gasteiger partial charge in [-0.15, -0.1) is 0 Å². The van der Waals surface area contributed by atoms with Crippen LogP contribution in [0, 0.1) is 12.8 Å². The van der Waals surface area contributed by atoms with Gasteiger partial charge in [-0.2, -0.15) is 4.31 Å². The highest BCUT2D eigenvalue weighted by Crippen LogP contribution is 2.35. The maximum absolute atomic E-state index is 13.7. The molecule has 3 heterocycles. The Balaban J connectivity index is 1.46. The molecule has 0 N–H and O–H groups in total. The van der Waals surface area contributed by atoms with Crippen LogP contribution >= 0.6 is 22.9 Å². The third-order valence-corrected chi connectivity index (χ3v) is 9.95. The molecule has 4 aromatic rings. The van der Waals surface area contributed by atoms with Crippen LogP contribution in [0.2, 0.25) is 5.02 Å². The third-order valence-electron chi connectivity index (χ3n) is 6.59. The molecule has 188 valence electrons. The van der Waals surface area contributed by atoms with E-state index in [1.807, 2.05) is 19.1 Å². The van der Waals surface area contributed by atoms with Crippen LogP contribution in [0.25, 0.3) is 10.2 Å². The normalized spacial score (nSPS) is 15.4. The number of fused-ring (bicyclic) bond motifs is 1. The standard InChI is InChI=1S/C26H26ClN3O4S2/c1-17-11-13-29(14-12-17)36(32,33)21-7-5-19(6-8-21)25(31)30(16-20-4-3-15-34-20)26-28-24-18(2)22(27)9-10-23(24)35-26/h3-10,15,17H,11-14,16H2,1-2H3. The molecule has 1 aliphatic heterocycles. The number of furan rings is 1. The van der Waals surface area contributed by atoms with E-state index >= 15 is 0 Å². The number of hydrogen-bond donors (Lipinski definition) is 0. The van der Waals surface area contributed by atoms with Crippen LogP contribution in [-0.2, 0) is 16.6 Å². The highest BCUT2D eigenvalue weighted by molar-refractivity contribution is 7.89. The van der Waals surface area contributed by atoms with Crippen LogP contribution in [0.5, 0.6) is 0 Å². The van der Waals surface area contributed by atoms with Crippen LogP contribution in [0.4, 0.5) is 5.13 Å². The lowest BCUT2D eigenvalue weighted by atomic mass is 10.0. The number of halogens is 1. The number of thiazole rings is 1. The van der Waals surface area contributed by atoms with Gasteiger partial charge in [0.15, 0.2) is 5.13 Å².